The molecule has 1 fully saturated rings. The van der Waals surface area contributed by atoms with Crippen LogP contribution in [0.15, 0.2) is 24.4 Å². The molecule has 1 aliphatic carbocycles. The Bertz CT molecular complexity index is 1100. The minimum absolute atomic E-state index is 0.109. The van der Waals surface area contributed by atoms with E-state index in [0.717, 1.165) is 31.4 Å². The monoisotopic (exact) mass is 645 g/mol. The first-order valence-electron chi connectivity index (χ1n) is 17.1. The number of aliphatic hydroxyl groups excluding tert-OH is 1. The molecule has 0 saturated heterocycles. The lowest BCUT2D eigenvalue weighted by Gasteiger charge is -2.33. The summed E-state index contributed by atoms with van der Waals surface area (Å²) in [6.45, 7) is 14.8. The van der Waals surface area contributed by atoms with E-state index in [0.29, 0.717) is 18.8 Å². The second-order valence-electron chi connectivity index (χ2n) is 14.3. The third-order valence-electron chi connectivity index (χ3n) is 8.83. The van der Waals surface area contributed by atoms with Crippen molar-refractivity contribution < 1.29 is 29.0 Å². The van der Waals surface area contributed by atoms with Gasteiger partial charge < -0.3 is 31.1 Å². The van der Waals surface area contributed by atoms with Crippen molar-refractivity contribution in [3.05, 3.63) is 30.1 Å². The first-order valence-corrected chi connectivity index (χ1v) is 17.1. The maximum Gasteiger partial charge on any atom is 0.408 e. The van der Waals surface area contributed by atoms with E-state index in [1.165, 1.54) is 6.42 Å². The van der Waals surface area contributed by atoms with Gasteiger partial charge in [-0.15, -0.1) is 0 Å². The van der Waals surface area contributed by atoms with Gasteiger partial charge in [-0.2, -0.15) is 0 Å². The Kier molecular flexibility index (Phi) is 15.9. The number of pyridine rings is 1. The average molecular weight is 646 g/mol. The number of carbonyl (C=O) groups is 4. The van der Waals surface area contributed by atoms with E-state index in [1.807, 2.05) is 39.8 Å². The molecule has 1 aliphatic rings. The van der Waals surface area contributed by atoms with E-state index in [2.05, 4.69) is 26.3 Å². The third kappa shape index (κ3) is 13.6. The lowest BCUT2D eigenvalue weighted by molar-refractivity contribution is -0.134. The summed E-state index contributed by atoms with van der Waals surface area (Å²) < 4.78 is 5.29. The Morgan fingerprint density at radius 2 is 1.63 bits per heavy atom. The minimum Gasteiger partial charge on any atom is -0.444 e. The fraction of sp³-hybridized carbons (Fsp3) is 0.743. The molecule has 46 heavy (non-hydrogen) atoms. The molecule has 11 nitrogen and oxygen atoms in total. The summed E-state index contributed by atoms with van der Waals surface area (Å²) in [5, 5.41) is 23.0. The molecule has 0 aromatic carbocycles. The molecule has 2 rings (SSSR count). The molecule has 5 N–H and O–H groups in total. The number of hydrogen-bond acceptors (Lipinski definition) is 7. The highest BCUT2D eigenvalue weighted by Crippen LogP contribution is 2.30. The SMILES string of the molecule is CC[C@H](C)[C@H](NC(=O)[C@H](C[C@H](O)[C@H](CC1CCCCC1)NC(=O)[C@H](C)NC(=O)OC(C)(C)C)C(C)C)C(=O)NCc1ccccn1. The Balaban J connectivity index is 2.15. The standard InChI is InChI=1S/C35H59N5O6/c1-9-23(4)30(33(44)37-21-26-17-13-14-18-36-26)40-32(43)27(22(2)3)20-29(41)28(19-25-15-11-10-12-16-25)39-31(42)24(5)38-34(45)46-35(6,7)8/h13-14,17-18,22-25,27-30,41H,9-12,15-16,19-21H2,1-8H3,(H,37,44)(H,38,45)(H,39,42)(H,40,43)/t23-,24-,27+,28-,29-,30-/m0/s1. The van der Waals surface area contributed by atoms with Gasteiger partial charge in [0, 0.05) is 12.1 Å². The van der Waals surface area contributed by atoms with Gasteiger partial charge in [0.25, 0.3) is 0 Å². The van der Waals surface area contributed by atoms with Gasteiger partial charge in [-0.3, -0.25) is 19.4 Å². The van der Waals surface area contributed by atoms with Crippen molar-refractivity contribution in [1.82, 2.24) is 26.3 Å². The van der Waals surface area contributed by atoms with Crippen LogP contribution in [0.5, 0.6) is 0 Å². The van der Waals surface area contributed by atoms with Gasteiger partial charge in [0.2, 0.25) is 17.7 Å². The molecular weight excluding hydrogens is 586 g/mol. The third-order valence-corrected chi connectivity index (χ3v) is 8.83. The molecule has 0 spiro atoms. The number of alkyl carbamates (subject to hydrolysis) is 1. The van der Waals surface area contributed by atoms with E-state index in [4.69, 9.17) is 4.74 Å². The number of nitrogens with one attached hydrogen (secondary N) is 4. The molecule has 0 bridgehead atoms. The maximum absolute atomic E-state index is 13.7. The zero-order valence-corrected chi connectivity index (χ0v) is 29.2. The Morgan fingerprint density at radius 3 is 2.20 bits per heavy atom. The lowest BCUT2D eigenvalue weighted by atomic mass is 9.81. The number of rotatable bonds is 16. The number of carbonyl (C=O) groups excluding carboxylic acids is 4. The van der Waals surface area contributed by atoms with Gasteiger partial charge >= 0.3 is 6.09 Å². The van der Waals surface area contributed by atoms with Crippen molar-refractivity contribution in [2.45, 2.75) is 143 Å². The highest BCUT2D eigenvalue weighted by molar-refractivity contribution is 5.89. The summed E-state index contributed by atoms with van der Waals surface area (Å²) in [7, 11) is 0. The van der Waals surface area contributed by atoms with Crippen LogP contribution in [-0.2, 0) is 25.7 Å². The quantitative estimate of drug-likeness (QED) is 0.175. The molecular formula is C35H59N5O6. The zero-order valence-electron chi connectivity index (χ0n) is 29.2. The molecule has 1 saturated carbocycles. The molecule has 6 atom stereocenters. The number of aliphatic hydroxyl groups is 1. The minimum atomic E-state index is -1.02. The molecule has 0 aliphatic heterocycles. The largest absolute Gasteiger partial charge is 0.444 e. The molecule has 11 heteroatoms. The normalized spacial score (nSPS) is 18.0. The van der Waals surface area contributed by atoms with Crippen LogP contribution in [0, 0.1) is 23.7 Å². The topological polar surface area (TPSA) is 159 Å². The first kappa shape index (κ1) is 39.0. The fourth-order valence-corrected chi connectivity index (χ4v) is 5.81. The molecule has 1 aromatic rings. The number of aromatic nitrogens is 1. The number of amides is 4. The molecule has 0 radical (unpaired) electrons. The Labute approximate surface area is 275 Å². The lowest BCUT2D eigenvalue weighted by Crippen LogP contribution is -2.54. The van der Waals surface area contributed by atoms with Crippen LogP contribution in [0.1, 0.15) is 112 Å². The molecule has 1 aromatic heterocycles. The van der Waals surface area contributed by atoms with Crippen molar-refractivity contribution in [1.29, 1.82) is 0 Å². The van der Waals surface area contributed by atoms with Gasteiger partial charge in [0.1, 0.15) is 17.7 Å². The predicted octanol–water partition coefficient (Wildman–Crippen LogP) is 4.62. The van der Waals surface area contributed by atoms with E-state index in [1.54, 1.807) is 40.0 Å². The summed E-state index contributed by atoms with van der Waals surface area (Å²) in [6, 6.07) is 3.23. The highest BCUT2D eigenvalue weighted by atomic mass is 16.6. The highest BCUT2D eigenvalue weighted by Gasteiger charge is 2.35. The smallest absolute Gasteiger partial charge is 0.408 e. The van der Waals surface area contributed by atoms with Gasteiger partial charge in [0.15, 0.2) is 0 Å². The predicted molar refractivity (Wildman–Crippen MR) is 178 cm³/mol. The summed E-state index contributed by atoms with van der Waals surface area (Å²) in [6.07, 6.45) is 6.73. The van der Waals surface area contributed by atoms with Crippen molar-refractivity contribution in [3.63, 3.8) is 0 Å². The summed E-state index contributed by atoms with van der Waals surface area (Å²) in [4.78, 5) is 56.8. The average Bonchev–Trinajstić information content (AvgIpc) is 3.00. The number of nitrogens with zero attached hydrogens (tertiary/aromatic N) is 1. The number of hydrogen-bond donors (Lipinski definition) is 5. The van der Waals surface area contributed by atoms with Crippen molar-refractivity contribution in [3.8, 4) is 0 Å². The second kappa shape index (κ2) is 18.8. The van der Waals surface area contributed by atoms with Crippen LogP contribution < -0.4 is 21.3 Å². The molecule has 1 heterocycles. The number of ether oxygens (including phenoxy) is 1. The van der Waals surface area contributed by atoms with Crippen LogP contribution in [-0.4, -0.2) is 63.7 Å². The molecule has 4 amide bonds. The van der Waals surface area contributed by atoms with E-state index >= 15 is 0 Å². The van der Waals surface area contributed by atoms with Gasteiger partial charge in [-0.25, -0.2) is 4.79 Å². The maximum atomic E-state index is 13.7. The summed E-state index contributed by atoms with van der Waals surface area (Å²) >= 11 is 0. The van der Waals surface area contributed by atoms with E-state index in [-0.39, 0.29) is 36.6 Å². The van der Waals surface area contributed by atoms with Crippen molar-refractivity contribution >= 4 is 23.8 Å². The Hall–Kier alpha value is -3.21. The van der Waals surface area contributed by atoms with Crippen LogP contribution in [0.2, 0.25) is 0 Å². The fourth-order valence-electron chi connectivity index (χ4n) is 5.81. The van der Waals surface area contributed by atoms with Crippen molar-refractivity contribution in [2.75, 3.05) is 0 Å². The Morgan fingerprint density at radius 1 is 0.957 bits per heavy atom. The molecule has 0 unspecified atom stereocenters. The second-order valence-corrected chi connectivity index (χ2v) is 14.3. The summed E-state index contributed by atoms with van der Waals surface area (Å²) in [5.41, 5.74) is 0.00932. The zero-order chi connectivity index (χ0) is 34.4. The van der Waals surface area contributed by atoms with Crippen molar-refractivity contribution in [2.24, 2.45) is 23.7 Å². The van der Waals surface area contributed by atoms with Crippen LogP contribution in [0.4, 0.5) is 4.79 Å². The first-order chi connectivity index (χ1) is 21.6. The van der Waals surface area contributed by atoms with Crippen LogP contribution in [0.25, 0.3) is 0 Å². The van der Waals surface area contributed by atoms with Gasteiger partial charge in [-0.1, -0.05) is 72.3 Å². The van der Waals surface area contributed by atoms with E-state index in [9.17, 15) is 24.3 Å². The van der Waals surface area contributed by atoms with Gasteiger partial charge in [0.05, 0.1) is 24.4 Å². The van der Waals surface area contributed by atoms with Crippen LogP contribution >= 0.6 is 0 Å². The van der Waals surface area contributed by atoms with E-state index < -0.39 is 47.7 Å². The van der Waals surface area contributed by atoms with Crippen LogP contribution in [0.3, 0.4) is 0 Å². The summed E-state index contributed by atoms with van der Waals surface area (Å²) in [5.74, 6) is -1.55. The molecule has 260 valence electrons. The van der Waals surface area contributed by atoms with Gasteiger partial charge in [-0.05, 0) is 70.4 Å².